The van der Waals surface area contributed by atoms with E-state index in [1.807, 2.05) is 0 Å². The summed E-state index contributed by atoms with van der Waals surface area (Å²) in [4.78, 5) is 2.51. The van der Waals surface area contributed by atoms with E-state index in [0.717, 1.165) is 13.0 Å². The Kier molecular flexibility index (Phi) is 3.27. The molecule has 2 N–H and O–H groups in total. The molecule has 1 saturated heterocycles. The molecule has 1 atom stereocenters. The molecule has 82 valence electrons. The Morgan fingerprint density at radius 2 is 2.33 bits per heavy atom. The van der Waals surface area contributed by atoms with Gasteiger partial charge in [-0.25, -0.2) is 0 Å². The molecule has 1 aliphatic heterocycles. The number of nitrogens with two attached hydrogens (primary N) is 1. The van der Waals surface area contributed by atoms with Crippen molar-refractivity contribution in [2.45, 2.75) is 32.2 Å². The van der Waals surface area contributed by atoms with E-state index >= 15 is 0 Å². The van der Waals surface area contributed by atoms with Crippen molar-refractivity contribution in [3.8, 4) is 0 Å². The Balaban J connectivity index is 2.15. The molecule has 1 fully saturated rings. The summed E-state index contributed by atoms with van der Waals surface area (Å²) in [5, 5.41) is 0. The van der Waals surface area contributed by atoms with Gasteiger partial charge in [-0.05, 0) is 50.4 Å². The van der Waals surface area contributed by atoms with Gasteiger partial charge in [0.2, 0.25) is 0 Å². The zero-order chi connectivity index (χ0) is 10.7. The van der Waals surface area contributed by atoms with Crippen LogP contribution in [0.2, 0.25) is 0 Å². The minimum absolute atomic E-state index is 0.664. The number of hydrogen-bond donors (Lipinski definition) is 1. The van der Waals surface area contributed by atoms with Crippen LogP contribution in [0, 0.1) is 6.92 Å². The third-order valence-electron chi connectivity index (χ3n) is 3.21. The summed E-state index contributed by atoms with van der Waals surface area (Å²) >= 11 is 0. The number of rotatable bonds is 3. The molecule has 0 amide bonds. The molecule has 1 aromatic rings. The molecule has 0 bridgehead atoms. The van der Waals surface area contributed by atoms with Crippen LogP contribution in [0.5, 0.6) is 0 Å². The number of hydrogen-bond acceptors (Lipinski definition) is 2. The molecule has 0 radical (unpaired) electrons. The third-order valence-corrected chi connectivity index (χ3v) is 3.21. The molecule has 2 heteroatoms. The van der Waals surface area contributed by atoms with Gasteiger partial charge in [-0.3, -0.25) is 0 Å². The van der Waals surface area contributed by atoms with E-state index in [0.29, 0.717) is 6.04 Å². The van der Waals surface area contributed by atoms with Gasteiger partial charge in [-0.1, -0.05) is 12.1 Å². The lowest BCUT2D eigenvalue weighted by molar-refractivity contribution is 0.618. The van der Waals surface area contributed by atoms with Crippen LogP contribution in [0.4, 0.5) is 5.69 Å². The second-order valence-corrected chi connectivity index (χ2v) is 4.41. The monoisotopic (exact) mass is 204 g/mol. The van der Waals surface area contributed by atoms with Crippen LogP contribution in [0.25, 0.3) is 0 Å². The summed E-state index contributed by atoms with van der Waals surface area (Å²) in [7, 11) is 0. The van der Waals surface area contributed by atoms with Crippen LogP contribution in [-0.4, -0.2) is 19.1 Å². The second kappa shape index (κ2) is 4.67. The lowest BCUT2D eigenvalue weighted by Crippen LogP contribution is -2.31. The first-order chi connectivity index (χ1) is 7.31. The minimum Gasteiger partial charge on any atom is -0.368 e. The van der Waals surface area contributed by atoms with Crippen LogP contribution >= 0.6 is 0 Å². The van der Waals surface area contributed by atoms with E-state index in [1.165, 1.54) is 30.6 Å². The zero-order valence-corrected chi connectivity index (χ0v) is 9.45. The van der Waals surface area contributed by atoms with Crippen LogP contribution in [0.3, 0.4) is 0 Å². The van der Waals surface area contributed by atoms with E-state index in [-0.39, 0.29) is 0 Å². The topological polar surface area (TPSA) is 29.3 Å². The summed E-state index contributed by atoms with van der Waals surface area (Å²) in [5.41, 5.74) is 8.36. The van der Waals surface area contributed by atoms with Crippen molar-refractivity contribution in [1.29, 1.82) is 0 Å². The highest BCUT2D eigenvalue weighted by atomic mass is 15.2. The highest BCUT2D eigenvalue weighted by Gasteiger charge is 2.23. The molecule has 0 spiro atoms. The van der Waals surface area contributed by atoms with E-state index < -0.39 is 0 Å². The standard InChI is InChI=1S/C13H20N2/c1-11-4-2-5-13(10-11)15-9-3-6-12(15)7-8-14/h2,4-5,10,12H,3,6-9,14H2,1H3. The molecule has 15 heavy (non-hydrogen) atoms. The number of aryl methyl sites for hydroxylation is 1. The van der Waals surface area contributed by atoms with Crippen LogP contribution in [0.1, 0.15) is 24.8 Å². The van der Waals surface area contributed by atoms with E-state index in [4.69, 9.17) is 5.73 Å². The predicted molar refractivity (Wildman–Crippen MR) is 65.2 cm³/mol. The van der Waals surface area contributed by atoms with Crippen molar-refractivity contribution in [1.82, 2.24) is 0 Å². The first kappa shape index (κ1) is 10.5. The Morgan fingerprint density at radius 3 is 3.07 bits per heavy atom. The Labute approximate surface area is 92.1 Å². The van der Waals surface area contributed by atoms with Crippen molar-refractivity contribution in [2.24, 2.45) is 5.73 Å². The molecule has 1 aliphatic rings. The summed E-state index contributed by atoms with van der Waals surface area (Å²) in [6, 6.07) is 9.44. The number of benzene rings is 1. The zero-order valence-electron chi connectivity index (χ0n) is 9.45. The van der Waals surface area contributed by atoms with Gasteiger partial charge in [0.25, 0.3) is 0 Å². The van der Waals surface area contributed by atoms with Crippen molar-refractivity contribution in [3.63, 3.8) is 0 Å². The maximum atomic E-state index is 5.65. The summed E-state index contributed by atoms with van der Waals surface area (Å²) in [5.74, 6) is 0. The summed E-state index contributed by atoms with van der Waals surface area (Å²) < 4.78 is 0. The molecule has 1 aromatic carbocycles. The molecule has 0 aliphatic carbocycles. The van der Waals surface area contributed by atoms with Crippen LogP contribution in [0.15, 0.2) is 24.3 Å². The van der Waals surface area contributed by atoms with Crippen molar-refractivity contribution < 1.29 is 0 Å². The summed E-state index contributed by atoms with van der Waals surface area (Å²) in [6.07, 6.45) is 3.72. The molecule has 0 saturated carbocycles. The lowest BCUT2D eigenvalue weighted by Gasteiger charge is -2.26. The normalized spacial score (nSPS) is 20.9. The Bertz CT molecular complexity index is 322. The minimum atomic E-state index is 0.664. The van der Waals surface area contributed by atoms with Gasteiger partial charge in [0.1, 0.15) is 0 Å². The van der Waals surface area contributed by atoms with Crippen molar-refractivity contribution >= 4 is 5.69 Å². The first-order valence-electron chi connectivity index (χ1n) is 5.84. The van der Waals surface area contributed by atoms with Crippen LogP contribution in [-0.2, 0) is 0 Å². The molecular weight excluding hydrogens is 184 g/mol. The molecular formula is C13H20N2. The highest BCUT2D eigenvalue weighted by molar-refractivity contribution is 5.50. The van der Waals surface area contributed by atoms with E-state index in [1.54, 1.807) is 0 Å². The van der Waals surface area contributed by atoms with Gasteiger partial charge >= 0.3 is 0 Å². The fourth-order valence-corrected chi connectivity index (χ4v) is 2.47. The van der Waals surface area contributed by atoms with E-state index in [2.05, 4.69) is 36.1 Å². The molecule has 1 heterocycles. The first-order valence-corrected chi connectivity index (χ1v) is 5.84. The maximum absolute atomic E-state index is 5.65. The maximum Gasteiger partial charge on any atom is 0.0371 e. The number of anilines is 1. The summed E-state index contributed by atoms with van der Waals surface area (Å²) in [6.45, 7) is 4.14. The fourth-order valence-electron chi connectivity index (χ4n) is 2.47. The molecule has 2 rings (SSSR count). The van der Waals surface area contributed by atoms with Gasteiger partial charge in [-0.15, -0.1) is 0 Å². The average molecular weight is 204 g/mol. The Morgan fingerprint density at radius 1 is 1.47 bits per heavy atom. The highest BCUT2D eigenvalue weighted by Crippen LogP contribution is 2.27. The quantitative estimate of drug-likeness (QED) is 0.818. The SMILES string of the molecule is Cc1cccc(N2CCCC2CCN)c1. The third kappa shape index (κ3) is 2.32. The lowest BCUT2D eigenvalue weighted by atomic mass is 10.1. The van der Waals surface area contributed by atoms with Gasteiger partial charge in [0, 0.05) is 18.3 Å². The van der Waals surface area contributed by atoms with Gasteiger partial charge < -0.3 is 10.6 Å². The smallest absolute Gasteiger partial charge is 0.0371 e. The average Bonchev–Trinajstić information content (AvgIpc) is 2.66. The second-order valence-electron chi connectivity index (χ2n) is 4.41. The van der Waals surface area contributed by atoms with Crippen LogP contribution < -0.4 is 10.6 Å². The van der Waals surface area contributed by atoms with Crippen molar-refractivity contribution in [3.05, 3.63) is 29.8 Å². The fraction of sp³-hybridized carbons (Fsp3) is 0.538. The van der Waals surface area contributed by atoms with Gasteiger partial charge in [0.15, 0.2) is 0 Å². The van der Waals surface area contributed by atoms with Crippen molar-refractivity contribution in [2.75, 3.05) is 18.0 Å². The number of nitrogens with zero attached hydrogens (tertiary/aromatic N) is 1. The van der Waals surface area contributed by atoms with Gasteiger partial charge in [0.05, 0.1) is 0 Å². The Hall–Kier alpha value is -1.02. The predicted octanol–water partition coefficient (Wildman–Crippen LogP) is 2.31. The molecule has 1 unspecified atom stereocenters. The molecule has 0 aromatic heterocycles. The largest absolute Gasteiger partial charge is 0.368 e. The van der Waals surface area contributed by atoms with E-state index in [9.17, 15) is 0 Å². The molecule has 2 nitrogen and oxygen atoms in total. The van der Waals surface area contributed by atoms with Gasteiger partial charge in [-0.2, -0.15) is 0 Å².